The molecule has 0 bridgehead atoms. The van der Waals surface area contributed by atoms with Crippen LogP contribution in [0.5, 0.6) is 0 Å². The summed E-state index contributed by atoms with van der Waals surface area (Å²) in [6.45, 7) is 2.67. The highest BCUT2D eigenvalue weighted by atomic mass is 32.2. The number of nitrogens with one attached hydrogen (secondary N) is 1. The number of rotatable bonds is 3. The molecule has 96 valence electrons. The molecule has 2 N–H and O–H groups in total. The van der Waals surface area contributed by atoms with Crippen molar-refractivity contribution in [3.05, 3.63) is 11.8 Å². The number of aliphatic hydroxyl groups excluding tert-OH is 1. The van der Waals surface area contributed by atoms with Crippen LogP contribution in [0.15, 0.2) is 11.2 Å². The first-order chi connectivity index (χ1) is 8.05. The van der Waals surface area contributed by atoms with Crippen molar-refractivity contribution in [1.82, 2.24) is 14.5 Å². The van der Waals surface area contributed by atoms with Crippen molar-refractivity contribution < 1.29 is 13.5 Å². The van der Waals surface area contributed by atoms with Crippen molar-refractivity contribution in [3.63, 3.8) is 0 Å². The predicted molar refractivity (Wildman–Crippen MR) is 65.2 cm³/mol. The Hall–Kier alpha value is -0.570. The molecule has 6 nitrogen and oxygen atoms in total. The quantitative estimate of drug-likeness (QED) is 0.814. The van der Waals surface area contributed by atoms with Gasteiger partial charge >= 0.3 is 0 Å². The van der Waals surface area contributed by atoms with Gasteiger partial charge in [-0.25, -0.2) is 8.42 Å². The SMILES string of the molecule is CC1CN(S(=O)(=O)c2[nH]ncc2CO)CCS1. The fourth-order valence-corrected chi connectivity index (χ4v) is 4.62. The summed E-state index contributed by atoms with van der Waals surface area (Å²) in [6.07, 6.45) is 1.34. The summed E-state index contributed by atoms with van der Waals surface area (Å²) in [5, 5.41) is 15.5. The molecular weight excluding hydrogens is 262 g/mol. The Morgan fingerprint density at radius 1 is 1.71 bits per heavy atom. The highest BCUT2D eigenvalue weighted by Crippen LogP contribution is 2.24. The molecule has 1 aromatic rings. The zero-order valence-electron chi connectivity index (χ0n) is 9.46. The van der Waals surface area contributed by atoms with Gasteiger partial charge in [0, 0.05) is 29.7 Å². The molecule has 0 aliphatic carbocycles. The van der Waals surface area contributed by atoms with Crippen LogP contribution in [0.1, 0.15) is 12.5 Å². The topological polar surface area (TPSA) is 86.3 Å². The predicted octanol–water partition coefficient (Wildman–Crippen LogP) is 0.0280. The average Bonchev–Trinajstić information content (AvgIpc) is 2.77. The maximum absolute atomic E-state index is 12.3. The molecule has 0 aromatic carbocycles. The minimum Gasteiger partial charge on any atom is -0.392 e. The van der Waals surface area contributed by atoms with Gasteiger partial charge in [-0.2, -0.15) is 21.2 Å². The molecule has 1 unspecified atom stereocenters. The van der Waals surface area contributed by atoms with E-state index in [0.717, 1.165) is 5.75 Å². The minimum absolute atomic E-state index is 0.0131. The van der Waals surface area contributed by atoms with E-state index >= 15 is 0 Å². The van der Waals surface area contributed by atoms with Gasteiger partial charge in [-0.15, -0.1) is 0 Å². The van der Waals surface area contributed by atoms with Crippen LogP contribution in [-0.2, 0) is 16.6 Å². The molecule has 1 aliphatic rings. The molecule has 0 radical (unpaired) electrons. The lowest BCUT2D eigenvalue weighted by Crippen LogP contribution is -2.41. The Morgan fingerprint density at radius 3 is 3.12 bits per heavy atom. The normalized spacial score (nSPS) is 22.8. The Labute approximate surface area is 104 Å². The van der Waals surface area contributed by atoms with Gasteiger partial charge in [0.2, 0.25) is 0 Å². The van der Waals surface area contributed by atoms with Crippen LogP contribution < -0.4 is 0 Å². The summed E-state index contributed by atoms with van der Waals surface area (Å²) in [4.78, 5) is 0. The van der Waals surface area contributed by atoms with Gasteiger partial charge in [0.05, 0.1) is 12.8 Å². The molecule has 8 heteroatoms. The number of hydrogen-bond acceptors (Lipinski definition) is 5. The summed E-state index contributed by atoms with van der Waals surface area (Å²) in [5.74, 6) is 0.795. The molecule has 1 atom stereocenters. The number of H-pyrrole nitrogens is 1. The molecule has 1 aromatic heterocycles. The largest absolute Gasteiger partial charge is 0.392 e. The maximum atomic E-state index is 12.3. The number of sulfonamides is 1. The number of aromatic nitrogens is 2. The van der Waals surface area contributed by atoms with Gasteiger partial charge < -0.3 is 5.11 Å². The van der Waals surface area contributed by atoms with E-state index in [2.05, 4.69) is 10.2 Å². The minimum atomic E-state index is -3.55. The maximum Gasteiger partial charge on any atom is 0.260 e. The average molecular weight is 277 g/mol. The Bertz CT molecular complexity index is 485. The number of aromatic amines is 1. The molecule has 0 saturated carbocycles. The summed E-state index contributed by atoms with van der Waals surface area (Å²) in [7, 11) is -3.55. The zero-order valence-corrected chi connectivity index (χ0v) is 11.1. The van der Waals surface area contributed by atoms with Gasteiger partial charge in [0.1, 0.15) is 0 Å². The highest BCUT2D eigenvalue weighted by molar-refractivity contribution is 8.00. The third-order valence-electron chi connectivity index (χ3n) is 2.65. The lowest BCUT2D eigenvalue weighted by atomic mass is 10.4. The second kappa shape index (κ2) is 4.97. The van der Waals surface area contributed by atoms with Crippen molar-refractivity contribution in [2.75, 3.05) is 18.8 Å². The second-order valence-corrected chi connectivity index (χ2v) is 7.35. The van der Waals surface area contributed by atoms with Crippen LogP contribution in [0.4, 0.5) is 0 Å². The summed E-state index contributed by atoms with van der Waals surface area (Å²) in [5.41, 5.74) is 0.316. The van der Waals surface area contributed by atoms with Crippen molar-refractivity contribution in [2.45, 2.75) is 23.8 Å². The van der Waals surface area contributed by atoms with Gasteiger partial charge in [0.15, 0.2) is 5.03 Å². The van der Waals surface area contributed by atoms with E-state index in [4.69, 9.17) is 5.11 Å². The van der Waals surface area contributed by atoms with Crippen LogP contribution in [-0.4, -0.2) is 52.1 Å². The summed E-state index contributed by atoms with van der Waals surface area (Å²) >= 11 is 1.76. The summed E-state index contributed by atoms with van der Waals surface area (Å²) < 4.78 is 26.1. The third kappa shape index (κ3) is 2.49. The molecule has 2 rings (SSSR count). The molecule has 1 saturated heterocycles. The molecule has 0 spiro atoms. The van der Waals surface area contributed by atoms with Gasteiger partial charge in [-0.3, -0.25) is 5.10 Å². The lowest BCUT2D eigenvalue weighted by molar-refractivity contribution is 0.278. The molecule has 1 aliphatic heterocycles. The van der Waals surface area contributed by atoms with Crippen molar-refractivity contribution in [3.8, 4) is 0 Å². The molecule has 0 amide bonds. The molecule has 17 heavy (non-hydrogen) atoms. The van der Waals surface area contributed by atoms with Crippen LogP contribution in [0.3, 0.4) is 0 Å². The zero-order chi connectivity index (χ0) is 12.5. The smallest absolute Gasteiger partial charge is 0.260 e. The van der Waals surface area contributed by atoms with Gasteiger partial charge in [0.25, 0.3) is 10.0 Å². The molecular formula is C9H15N3O3S2. The molecule has 2 heterocycles. The van der Waals surface area contributed by atoms with Crippen molar-refractivity contribution in [2.24, 2.45) is 0 Å². The van der Waals surface area contributed by atoms with Crippen LogP contribution in [0, 0.1) is 0 Å². The van der Waals surface area contributed by atoms with E-state index in [1.54, 1.807) is 11.8 Å². The van der Waals surface area contributed by atoms with E-state index in [0.29, 0.717) is 23.9 Å². The number of aliphatic hydroxyl groups is 1. The van der Waals surface area contributed by atoms with E-state index in [-0.39, 0.29) is 11.6 Å². The van der Waals surface area contributed by atoms with Gasteiger partial charge in [-0.1, -0.05) is 6.92 Å². The molecule has 1 fully saturated rings. The number of nitrogens with zero attached hydrogens (tertiary/aromatic N) is 2. The van der Waals surface area contributed by atoms with Crippen molar-refractivity contribution in [1.29, 1.82) is 0 Å². The van der Waals surface area contributed by atoms with E-state index in [1.807, 2.05) is 6.92 Å². The van der Waals surface area contributed by atoms with E-state index < -0.39 is 10.0 Å². The van der Waals surface area contributed by atoms with E-state index in [1.165, 1.54) is 10.5 Å². The fourth-order valence-electron chi connectivity index (χ4n) is 1.77. The van der Waals surface area contributed by atoms with Crippen LogP contribution >= 0.6 is 11.8 Å². The van der Waals surface area contributed by atoms with E-state index in [9.17, 15) is 8.42 Å². The third-order valence-corrected chi connectivity index (χ3v) is 5.67. The van der Waals surface area contributed by atoms with Gasteiger partial charge in [-0.05, 0) is 0 Å². The highest BCUT2D eigenvalue weighted by Gasteiger charge is 2.31. The fraction of sp³-hybridized carbons (Fsp3) is 0.667. The second-order valence-electron chi connectivity index (χ2n) is 3.93. The van der Waals surface area contributed by atoms with Crippen LogP contribution in [0.25, 0.3) is 0 Å². The van der Waals surface area contributed by atoms with Crippen molar-refractivity contribution >= 4 is 21.8 Å². The summed E-state index contributed by atoms with van der Waals surface area (Å²) in [6, 6.07) is 0. The number of hydrogen-bond donors (Lipinski definition) is 2. The first-order valence-electron chi connectivity index (χ1n) is 5.30. The Morgan fingerprint density at radius 2 is 2.47 bits per heavy atom. The Balaban J connectivity index is 2.30. The lowest BCUT2D eigenvalue weighted by Gasteiger charge is -2.29. The Kier molecular flexibility index (Phi) is 3.76. The number of thioether (sulfide) groups is 1. The monoisotopic (exact) mass is 277 g/mol. The standard InChI is InChI=1S/C9H15N3O3S2/c1-7-5-12(2-3-16-7)17(14,15)9-8(6-13)4-10-11-9/h4,7,13H,2-3,5-6H2,1H3,(H,10,11). The first-order valence-corrected chi connectivity index (χ1v) is 7.79. The van der Waals surface area contributed by atoms with Crippen LogP contribution in [0.2, 0.25) is 0 Å². The first kappa shape index (κ1) is 12.9.